The number of aromatic nitrogens is 4. The minimum atomic E-state index is -0.297. The summed E-state index contributed by atoms with van der Waals surface area (Å²) in [6.45, 7) is 0.792. The number of benzene rings is 2. The third-order valence-electron chi connectivity index (χ3n) is 4.19. The average Bonchev–Trinajstić information content (AvgIpc) is 3.20. The number of hydrogen-bond acceptors (Lipinski definition) is 5. The van der Waals surface area contributed by atoms with Crippen LogP contribution in [0.15, 0.2) is 54.9 Å². The molecule has 1 atom stereocenters. The molecule has 1 unspecified atom stereocenters. The van der Waals surface area contributed by atoms with E-state index in [1.54, 1.807) is 36.4 Å². The van der Waals surface area contributed by atoms with E-state index >= 15 is 0 Å². The predicted octanol–water partition coefficient (Wildman–Crippen LogP) is 2.22. The molecule has 0 saturated carbocycles. The second-order valence-corrected chi connectivity index (χ2v) is 6.47. The smallest absolute Gasteiger partial charge is 0.251 e. The minimum Gasteiger partial charge on any atom is -0.345 e. The Morgan fingerprint density at radius 1 is 1.15 bits per heavy atom. The molecule has 1 N–H and O–H groups in total. The number of rotatable bonds is 7. The first kappa shape index (κ1) is 18.7. The van der Waals surface area contributed by atoms with Gasteiger partial charge in [-0.1, -0.05) is 12.1 Å². The molecule has 8 heteroatoms. The predicted molar refractivity (Wildman–Crippen MR) is 98.9 cm³/mol. The van der Waals surface area contributed by atoms with Crippen LogP contribution in [-0.4, -0.2) is 51.7 Å². The standard InChI is InChI=1S/C19H21FN6O/c1-25(2)12-11-18(14-3-7-16(20)8-4-14)22-19(27)15-5-9-17(10-6-15)26-13-21-23-24-26/h3-10,13,18H,11-12H2,1-2H3,(H,22,27). The normalized spacial score (nSPS) is 12.1. The lowest BCUT2D eigenvalue weighted by molar-refractivity contribution is 0.0932. The lowest BCUT2D eigenvalue weighted by Crippen LogP contribution is -2.31. The topological polar surface area (TPSA) is 75.9 Å². The van der Waals surface area contributed by atoms with Crippen LogP contribution in [0.25, 0.3) is 5.69 Å². The molecule has 140 valence electrons. The van der Waals surface area contributed by atoms with E-state index in [-0.39, 0.29) is 17.8 Å². The Morgan fingerprint density at radius 2 is 1.85 bits per heavy atom. The zero-order chi connectivity index (χ0) is 19.2. The van der Waals surface area contributed by atoms with Crippen molar-refractivity contribution in [2.24, 2.45) is 0 Å². The van der Waals surface area contributed by atoms with Crippen molar-refractivity contribution in [1.82, 2.24) is 30.4 Å². The molecule has 0 aliphatic carbocycles. The third-order valence-corrected chi connectivity index (χ3v) is 4.19. The Bertz CT molecular complexity index is 862. The Balaban J connectivity index is 1.74. The number of nitrogens with zero attached hydrogens (tertiary/aromatic N) is 5. The van der Waals surface area contributed by atoms with E-state index in [1.807, 2.05) is 19.0 Å². The van der Waals surface area contributed by atoms with Gasteiger partial charge in [-0.15, -0.1) is 5.10 Å². The summed E-state index contributed by atoms with van der Waals surface area (Å²) >= 11 is 0. The first-order valence-electron chi connectivity index (χ1n) is 8.57. The van der Waals surface area contributed by atoms with Gasteiger partial charge in [0.05, 0.1) is 11.7 Å². The largest absolute Gasteiger partial charge is 0.345 e. The fraction of sp³-hybridized carbons (Fsp3) is 0.263. The Labute approximate surface area is 156 Å². The van der Waals surface area contributed by atoms with Gasteiger partial charge in [-0.3, -0.25) is 4.79 Å². The van der Waals surface area contributed by atoms with E-state index in [4.69, 9.17) is 0 Å². The molecule has 3 aromatic rings. The molecule has 2 aromatic carbocycles. The number of halogens is 1. The number of nitrogens with one attached hydrogen (secondary N) is 1. The van der Waals surface area contributed by atoms with Crippen molar-refractivity contribution in [1.29, 1.82) is 0 Å². The van der Waals surface area contributed by atoms with E-state index in [0.29, 0.717) is 12.0 Å². The van der Waals surface area contributed by atoms with Crippen LogP contribution in [0.3, 0.4) is 0 Å². The van der Waals surface area contributed by atoms with Crippen molar-refractivity contribution >= 4 is 5.91 Å². The van der Waals surface area contributed by atoms with Gasteiger partial charge < -0.3 is 10.2 Å². The van der Waals surface area contributed by atoms with Crippen LogP contribution >= 0.6 is 0 Å². The summed E-state index contributed by atoms with van der Waals surface area (Å²) in [5.74, 6) is -0.485. The fourth-order valence-corrected chi connectivity index (χ4v) is 2.69. The Hall–Kier alpha value is -3.13. The van der Waals surface area contributed by atoms with Crippen molar-refractivity contribution < 1.29 is 9.18 Å². The highest BCUT2D eigenvalue weighted by molar-refractivity contribution is 5.94. The molecule has 3 rings (SSSR count). The Morgan fingerprint density at radius 3 is 2.44 bits per heavy atom. The molecule has 1 aromatic heterocycles. The van der Waals surface area contributed by atoms with Crippen LogP contribution in [0.2, 0.25) is 0 Å². The fourth-order valence-electron chi connectivity index (χ4n) is 2.69. The molecule has 0 aliphatic rings. The molecule has 7 nitrogen and oxygen atoms in total. The lowest BCUT2D eigenvalue weighted by atomic mass is 10.0. The monoisotopic (exact) mass is 368 g/mol. The third kappa shape index (κ3) is 4.95. The molecule has 0 aliphatic heterocycles. The van der Waals surface area contributed by atoms with Crippen LogP contribution in [0.1, 0.15) is 28.4 Å². The maximum atomic E-state index is 13.2. The van der Waals surface area contributed by atoms with E-state index in [1.165, 1.54) is 23.1 Å². The van der Waals surface area contributed by atoms with Gasteiger partial charge >= 0.3 is 0 Å². The van der Waals surface area contributed by atoms with Gasteiger partial charge in [-0.2, -0.15) is 0 Å². The summed E-state index contributed by atoms with van der Waals surface area (Å²) < 4.78 is 14.7. The molecular weight excluding hydrogens is 347 g/mol. The molecule has 0 spiro atoms. The summed E-state index contributed by atoms with van der Waals surface area (Å²) in [6.07, 6.45) is 2.20. The van der Waals surface area contributed by atoms with Crippen LogP contribution in [0.4, 0.5) is 4.39 Å². The zero-order valence-electron chi connectivity index (χ0n) is 15.2. The molecule has 27 heavy (non-hydrogen) atoms. The second kappa shape index (κ2) is 8.50. The number of carbonyl (C=O) groups excluding carboxylic acids is 1. The summed E-state index contributed by atoms with van der Waals surface area (Å²) in [7, 11) is 3.95. The van der Waals surface area contributed by atoms with Crippen molar-refractivity contribution in [3.8, 4) is 5.69 Å². The maximum absolute atomic E-state index is 13.2. The molecule has 0 radical (unpaired) electrons. The van der Waals surface area contributed by atoms with Crippen LogP contribution in [0, 0.1) is 5.82 Å². The number of hydrogen-bond donors (Lipinski definition) is 1. The summed E-state index contributed by atoms with van der Waals surface area (Å²) in [4.78, 5) is 14.7. The van der Waals surface area contributed by atoms with E-state index in [2.05, 4.69) is 20.8 Å². The quantitative estimate of drug-likeness (QED) is 0.692. The first-order chi connectivity index (χ1) is 13.0. The van der Waals surface area contributed by atoms with Gasteiger partial charge in [0.25, 0.3) is 5.91 Å². The molecule has 1 amide bonds. The van der Waals surface area contributed by atoms with Gasteiger partial charge in [0.2, 0.25) is 0 Å². The van der Waals surface area contributed by atoms with Crippen LogP contribution in [-0.2, 0) is 0 Å². The van der Waals surface area contributed by atoms with Crippen molar-refractivity contribution in [3.63, 3.8) is 0 Å². The first-order valence-corrected chi connectivity index (χ1v) is 8.57. The van der Waals surface area contributed by atoms with Crippen molar-refractivity contribution in [3.05, 3.63) is 71.8 Å². The van der Waals surface area contributed by atoms with E-state index in [0.717, 1.165) is 17.8 Å². The highest BCUT2D eigenvalue weighted by Gasteiger charge is 2.16. The van der Waals surface area contributed by atoms with E-state index in [9.17, 15) is 9.18 Å². The molecule has 0 bridgehead atoms. The zero-order valence-corrected chi connectivity index (χ0v) is 15.2. The average molecular weight is 368 g/mol. The summed E-state index contributed by atoms with van der Waals surface area (Å²) in [6, 6.07) is 13.0. The number of amides is 1. The SMILES string of the molecule is CN(C)CCC(NC(=O)c1ccc(-n2cnnn2)cc1)c1ccc(F)cc1. The highest BCUT2D eigenvalue weighted by atomic mass is 19.1. The van der Waals surface area contributed by atoms with Gasteiger partial charge in [-0.25, -0.2) is 9.07 Å². The second-order valence-electron chi connectivity index (χ2n) is 6.47. The molecular formula is C19H21FN6O. The number of carbonyl (C=O) groups is 1. The van der Waals surface area contributed by atoms with Gasteiger partial charge in [0, 0.05) is 5.56 Å². The summed E-state index contributed by atoms with van der Waals surface area (Å²) in [5, 5.41) is 14.0. The Kier molecular flexibility index (Phi) is 5.87. The summed E-state index contributed by atoms with van der Waals surface area (Å²) in [5.41, 5.74) is 2.17. The maximum Gasteiger partial charge on any atom is 0.251 e. The van der Waals surface area contributed by atoms with Crippen molar-refractivity contribution in [2.45, 2.75) is 12.5 Å². The van der Waals surface area contributed by atoms with Crippen LogP contribution in [0.5, 0.6) is 0 Å². The molecule has 1 heterocycles. The van der Waals surface area contributed by atoms with E-state index < -0.39 is 0 Å². The van der Waals surface area contributed by atoms with Gasteiger partial charge in [0.15, 0.2) is 0 Å². The van der Waals surface area contributed by atoms with Crippen LogP contribution < -0.4 is 5.32 Å². The lowest BCUT2D eigenvalue weighted by Gasteiger charge is -2.21. The van der Waals surface area contributed by atoms with Crippen molar-refractivity contribution in [2.75, 3.05) is 20.6 Å². The molecule has 0 saturated heterocycles. The number of tetrazole rings is 1. The highest BCUT2D eigenvalue weighted by Crippen LogP contribution is 2.19. The minimum absolute atomic E-state index is 0.189. The van der Waals surface area contributed by atoms with Gasteiger partial charge in [0.1, 0.15) is 12.1 Å². The van der Waals surface area contributed by atoms with Gasteiger partial charge in [-0.05, 0) is 79.4 Å². The molecule has 0 fully saturated rings.